The van der Waals surface area contributed by atoms with E-state index in [1.807, 2.05) is 146 Å². The summed E-state index contributed by atoms with van der Waals surface area (Å²) in [7, 11) is -12.1. The molecule has 0 amide bonds. The fourth-order valence-electron chi connectivity index (χ4n) is 8.31. The van der Waals surface area contributed by atoms with Gasteiger partial charge >= 0.3 is 31.3 Å². The molecule has 0 atom stereocenters. The Morgan fingerprint density at radius 1 is 0.338 bits per heavy atom. The number of hydrogen-bond donors (Lipinski definition) is 0. The molecule has 8 aromatic rings. The van der Waals surface area contributed by atoms with Crippen LogP contribution in [0.25, 0.3) is 55.6 Å². The van der Waals surface area contributed by atoms with Crippen molar-refractivity contribution in [3.8, 4) is 67.1 Å². The van der Waals surface area contributed by atoms with Gasteiger partial charge in [0.1, 0.15) is 11.5 Å². The van der Waals surface area contributed by atoms with Crippen molar-refractivity contribution in [2.75, 3.05) is 0 Å². The van der Waals surface area contributed by atoms with Crippen molar-refractivity contribution in [3.63, 3.8) is 0 Å². The van der Waals surface area contributed by atoms with Crippen LogP contribution in [-0.4, -0.2) is 27.9 Å². The van der Waals surface area contributed by atoms with E-state index in [9.17, 15) is 43.2 Å². The summed E-state index contributed by atoms with van der Waals surface area (Å²) in [5.74, 6) is -1.25. The van der Waals surface area contributed by atoms with Gasteiger partial charge in [0.15, 0.2) is 0 Å². The normalized spacial score (nSPS) is 13.4. The van der Waals surface area contributed by atoms with Gasteiger partial charge in [0.25, 0.3) is 0 Å². The second kappa shape index (κ2) is 16.1. The highest BCUT2D eigenvalue weighted by Crippen LogP contribution is 2.58. The summed E-state index contributed by atoms with van der Waals surface area (Å²) in [6, 6.07) is 57.1. The molecule has 1 aliphatic carbocycles. The van der Waals surface area contributed by atoms with E-state index in [1.165, 1.54) is 24.3 Å². The third-order valence-electron chi connectivity index (χ3n) is 11.3. The van der Waals surface area contributed by atoms with Crippen molar-refractivity contribution in [2.45, 2.75) is 16.4 Å². The molecule has 6 nitrogen and oxygen atoms in total. The zero-order valence-corrected chi connectivity index (χ0v) is 35.1. The molecule has 0 spiro atoms. The van der Waals surface area contributed by atoms with Crippen LogP contribution in [0.4, 0.5) is 26.3 Å². The number of halogens is 6. The largest absolute Gasteiger partial charge is 0.534 e. The molecule has 0 unspecified atom stereocenters. The van der Waals surface area contributed by atoms with E-state index >= 15 is 0 Å². The Kier molecular flexibility index (Phi) is 10.7. The highest BCUT2D eigenvalue weighted by atomic mass is 32.2. The van der Waals surface area contributed by atoms with Crippen LogP contribution in [0.2, 0.25) is 0 Å². The van der Waals surface area contributed by atoms with Crippen molar-refractivity contribution >= 4 is 20.2 Å². The zero-order valence-electron chi connectivity index (χ0n) is 33.5. The van der Waals surface area contributed by atoms with Gasteiger partial charge in [0, 0.05) is 0 Å². The number of hydrogen-bond acceptors (Lipinski definition) is 6. The summed E-state index contributed by atoms with van der Waals surface area (Å²) in [4.78, 5) is 0. The molecule has 0 saturated carbocycles. The second-order valence-electron chi connectivity index (χ2n) is 15.2. The highest BCUT2D eigenvalue weighted by molar-refractivity contribution is 7.88. The summed E-state index contributed by atoms with van der Waals surface area (Å²) in [5, 5.41) is 0. The van der Waals surface area contributed by atoms with Crippen molar-refractivity contribution in [1.82, 2.24) is 0 Å². The van der Waals surface area contributed by atoms with Crippen LogP contribution in [0.15, 0.2) is 194 Å². The van der Waals surface area contributed by atoms with Crippen LogP contribution in [0, 0.1) is 0 Å². The van der Waals surface area contributed by atoms with Gasteiger partial charge in [0.05, 0.1) is 5.41 Å². The summed E-state index contributed by atoms with van der Waals surface area (Å²) >= 11 is 0. The topological polar surface area (TPSA) is 86.7 Å². The number of benzene rings is 8. The second-order valence-corrected chi connectivity index (χ2v) is 18.2. The fourth-order valence-corrected chi connectivity index (χ4v) is 9.23. The molecule has 9 rings (SSSR count). The van der Waals surface area contributed by atoms with Crippen molar-refractivity contribution in [2.24, 2.45) is 0 Å². The molecule has 0 fully saturated rings. The first-order chi connectivity index (χ1) is 30.9. The van der Waals surface area contributed by atoms with Gasteiger partial charge in [0.2, 0.25) is 0 Å². The van der Waals surface area contributed by atoms with Crippen LogP contribution in [0.5, 0.6) is 11.5 Å². The zero-order chi connectivity index (χ0) is 45.8. The summed E-state index contributed by atoms with van der Waals surface area (Å²) in [6.45, 7) is 0. The van der Waals surface area contributed by atoms with Crippen LogP contribution in [-0.2, 0) is 25.7 Å². The van der Waals surface area contributed by atoms with E-state index in [1.54, 1.807) is 0 Å². The van der Waals surface area contributed by atoms with E-state index in [4.69, 9.17) is 0 Å². The van der Waals surface area contributed by atoms with E-state index in [0.717, 1.165) is 79.9 Å². The quantitative estimate of drug-likeness (QED) is 0.0771. The van der Waals surface area contributed by atoms with Crippen molar-refractivity contribution in [3.05, 3.63) is 216 Å². The lowest BCUT2D eigenvalue weighted by Gasteiger charge is -2.34. The average molecular weight is 919 g/mol. The third-order valence-corrected chi connectivity index (χ3v) is 13.3. The molecule has 0 radical (unpaired) electrons. The van der Waals surface area contributed by atoms with Crippen LogP contribution in [0.1, 0.15) is 22.3 Å². The molecule has 8 aromatic carbocycles. The molecule has 14 heteroatoms. The third kappa shape index (κ3) is 7.93. The van der Waals surface area contributed by atoms with Gasteiger partial charge in [-0.1, -0.05) is 158 Å². The Morgan fingerprint density at radius 3 is 0.923 bits per heavy atom. The first-order valence-corrected chi connectivity index (χ1v) is 22.6. The van der Waals surface area contributed by atoms with Crippen molar-refractivity contribution < 1.29 is 51.5 Å². The molecule has 1 aliphatic rings. The van der Waals surface area contributed by atoms with Gasteiger partial charge in [-0.3, -0.25) is 0 Å². The smallest absolute Gasteiger partial charge is 0.376 e. The fraction of sp³-hybridized carbons (Fsp3) is 0.0588. The highest BCUT2D eigenvalue weighted by Gasteiger charge is 2.50. The monoisotopic (exact) mass is 918 g/mol. The molecule has 0 aliphatic heterocycles. The lowest BCUT2D eigenvalue weighted by Crippen LogP contribution is -2.30. The molecule has 0 aromatic heterocycles. The first kappa shape index (κ1) is 43.1. The Morgan fingerprint density at radius 2 is 0.615 bits per heavy atom. The van der Waals surface area contributed by atoms with Crippen LogP contribution in [0.3, 0.4) is 0 Å². The van der Waals surface area contributed by atoms with E-state index in [0.29, 0.717) is 22.3 Å². The minimum atomic E-state index is -6.04. The van der Waals surface area contributed by atoms with Crippen LogP contribution >= 0.6 is 0 Å². The van der Waals surface area contributed by atoms with Crippen LogP contribution < -0.4 is 8.37 Å². The number of rotatable bonds is 10. The molecule has 0 heterocycles. The molecule has 326 valence electrons. The first-order valence-electron chi connectivity index (χ1n) is 19.8. The lowest BCUT2D eigenvalue weighted by atomic mass is 9.67. The van der Waals surface area contributed by atoms with Gasteiger partial charge < -0.3 is 8.37 Å². The number of fused-ring (bicyclic) bond motifs is 3. The molecule has 0 N–H and O–H groups in total. The van der Waals surface area contributed by atoms with Gasteiger partial charge in [-0.2, -0.15) is 43.2 Å². The minimum Gasteiger partial charge on any atom is -0.376 e. The lowest BCUT2D eigenvalue weighted by molar-refractivity contribution is -0.0504. The Labute approximate surface area is 370 Å². The van der Waals surface area contributed by atoms with Crippen molar-refractivity contribution in [1.29, 1.82) is 0 Å². The minimum absolute atomic E-state index is 0.402. The Bertz CT molecular complexity index is 3040. The molecule has 65 heavy (non-hydrogen) atoms. The van der Waals surface area contributed by atoms with Gasteiger partial charge in [-0.05, 0) is 114 Å². The molecule has 0 bridgehead atoms. The standard InChI is InChI=1S/C51H32F6O6S2/c52-50(53,54)64(58,59)62-43-25-21-41(22-26-43)49(42-23-27-44(28-24-42)63-65(60,61)51(55,56)57)47-31-39(37-15-11-35(12-16-37)33-7-3-1-4-8-33)19-29-45(47)46-30-20-40(32-48(46)49)38-17-13-36(14-18-38)34-9-5-2-6-10-34/h1-32H. The summed E-state index contributed by atoms with van der Waals surface area (Å²) in [5.41, 5.74) is -2.04. The molecular formula is C51H32F6O6S2. The predicted octanol–water partition coefficient (Wildman–Crippen LogP) is 13.2. The average Bonchev–Trinajstić information content (AvgIpc) is 3.59. The van der Waals surface area contributed by atoms with Gasteiger partial charge in [-0.15, -0.1) is 0 Å². The maximum absolute atomic E-state index is 13.4. The Balaban J connectivity index is 1.26. The molecule has 0 saturated heterocycles. The molecular weight excluding hydrogens is 887 g/mol. The Hall–Kier alpha value is -7.16. The van der Waals surface area contributed by atoms with E-state index < -0.39 is 48.2 Å². The summed E-state index contributed by atoms with van der Waals surface area (Å²) in [6.07, 6.45) is 0. The summed E-state index contributed by atoms with van der Waals surface area (Å²) < 4.78 is 138. The SMILES string of the molecule is O=S(=O)(Oc1ccc(C2(c3ccc(OS(=O)(=O)C(F)(F)F)cc3)c3cc(-c4ccc(-c5ccccc5)cc4)ccc3-c3ccc(-c4ccc(-c5ccccc5)cc4)cc32)cc1)C(F)(F)F. The predicted molar refractivity (Wildman–Crippen MR) is 237 cm³/mol. The maximum atomic E-state index is 13.4. The van der Waals surface area contributed by atoms with Gasteiger partial charge in [-0.25, -0.2) is 0 Å². The number of alkyl halides is 6. The van der Waals surface area contributed by atoms with E-state index in [2.05, 4.69) is 8.37 Å². The van der Waals surface area contributed by atoms with E-state index in [-0.39, 0.29) is 0 Å². The maximum Gasteiger partial charge on any atom is 0.534 e.